The van der Waals surface area contributed by atoms with Crippen molar-refractivity contribution in [2.45, 2.75) is 78.6 Å². The van der Waals surface area contributed by atoms with Crippen LogP contribution < -0.4 is 5.46 Å². The Hall–Kier alpha value is -3.48. The minimum absolute atomic E-state index is 0.162. The van der Waals surface area contributed by atoms with Gasteiger partial charge in [-0.1, -0.05) is 43.6 Å². The Bertz CT molecular complexity index is 1760. The van der Waals surface area contributed by atoms with E-state index in [1.807, 2.05) is 26.1 Å². The van der Waals surface area contributed by atoms with Crippen LogP contribution in [0.1, 0.15) is 82.3 Å². The largest absolute Gasteiger partial charge is 0.494 e. The lowest BCUT2D eigenvalue weighted by Crippen LogP contribution is -2.46. The molecule has 5 heterocycles. The lowest BCUT2D eigenvalue weighted by Gasteiger charge is -2.37. The number of aryl methyl sites for hydroxylation is 1. The van der Waals surface area contributed by atoms with Crippen molar-refractivity contribution in [2.75, 3.05) is 19.8 Å². The van der Waals surface area contributed by atoms with Crippen LogP contribution in [-0.4, -0.2) is 57.4 Å². The monoisotopic (exact) mass is 654 g/mol. The smallest absolute Gasteiger partial charge is 0.399 e. The first kappa shape index (κ1) is 34.8. The number of imidazole rings is 1. The van der Waals surface area contributed by atoms with Crippen molar-refractivity contribution in [1.82, 2.24) is 19.3 Å². The molecule has 0 saturated carbocycles. The van der Waals surface area contributed by atoms with Gasteiger partial charge in [-0.15, -0.1) is 12.8 Å². The molecule has 0 unspecified atom stereocenters. The number of fused-ring (bicyclic) bond motifs is 2. The Labute approximate surface area is 284 Å². The van der Waals surface area contributed by atoms with E-state index in [1.54, 1.807) is 6.20 Å². The average Bonchev–Trinajstić information content (AvgIpc) is 3.47. The zero-order chi connectivity index (χ0) is 33.9. The van der Waals surface area contributed by atoms with Crippen molar-refractivity contribution in [1.29, 1.82) is 0 Å². The van der Waals surface area contributed by atoms with Gasteiger partial charge in [0.15, 0.2) is 0 Å². The first-order valence-electron chi connectivity index (χ1n) is 16.5. The van der Waals surface area contributed by atoms with E-state index in [9.17, 15) is 4.39 Å². The number of nitrogens with zero attached hydrogens (tertiary/aromatic N) is 4. The van der Waals surface area contributed by atoms with Gasteiger partial charge in [-0.2, -0.15) is 0 Å². The number of allylic oxidation sites excluding steroid dienone is 1. The molecule has 2 aliphatic heterocycles. The van der Waals surface area contributed by atoms with Crippen LogP contribution in [0.2, 0.25) is 5.02 Å². The fourth-order valence-corrected chi connectivity index (χ4v) is 6.78. The van der Waals surface area contributed by atoms with E-state index in [0.29, 0.717) is 5.02 Å². The zero-order valence-electron chi connectivity index (χ0n) is 28.4. The number of pyridine rings is 2. The summed E-state index contributed by atoms with van der Waals surface area (Å²) in [5, 5.41) is 0.651. The standard InChI is InChI=1S/C34H37BClFN4O2.C2H6.C2H2/c1-33(2)34(3,4)43-35(42-33)25-8-9-27-23(14-25)6-5-7-29(28-10-12-38-17-30(28)36)32(27)24-11-13-41-21-26(39-31(41)15-24)20-40-18-22(16-37)19-40;2*1-2/h8-15,17,21-22H,5-7,16,18-20H2,1-4H3;1-2H3;1-2H. The van der Waals surface area contributed by atoms with Gasteiger partial charge in [-0.05, 0) is 104 Å². The van der Waals surface area contributed by atoms with Crippen LogP contribution in [0.3, 0.4) is 0 Å². The first-order valence-corrected chi connectivity index (χ1v) is 16.9. The third-order valence-corrected chi connectivity index (χ3v) is 9.93. The minimum Gasteiger partial charge on any atom is -0.399 e. The lowest BCUT2D eigenvalue weighted by atomic mass is 9.76. The Morgan fingerprint density at radius 2 is 1.72 bits per heavy atom. The highest BCUT2D eigenvalue weighted by molar-refractivity contribution is 6.62. The molecule has 2 saturated heterocycles. The predicted octanol–water partition coefficient (Wildman–Crippen LogP) is 7.65. The molecule has 9 heteroatoms. The number of alkyl halides is 1. The predicted molar refractivity (Wildman–Crippen MR) is 191 cm³/mol. The molecular weight excluding hydrogens is 610 g/mol. The number of hydrogen-bond donors (Lipinski definition) is 0. The second-order valence-corrected chi connectivity index (χ2v) is 13.6. The molecule has 0 amide bonds. The van der Waals surface area contributed by atoms with Gasteiger partial charge in [0.1, 0.15) is 5.65 Å². The molecule has 246 valence electrons. The van der Waals surface area contributed by atoms with Crippen LogP contribution in [0, 0.1) is 18.8 Å². The molecular formula is C38H45BClFN4O2. The maximum Gasteiger partial charge on any atom is 0.494 e. The van der Waals surface area contributed by atoms with Gasteiger partial charge >= 0.3 is 7.12 Å². The van der Waals surface area contributed by atoms with Crippen molar-refractivity contribution >= 4 is 41.0 Å². The van der Waals surface area contributed by atoms with Gasteiger partial charge in [0.25, 0.3) is 0 Å². The van der Waals surface area contributed by atoms with Gasteiger partial charge < -0.3 is 13.7 Å². The Morgan fingerprint density at radius 3 is 2.40 bits per heavy atom. The summed E-state index contributed by atoms with van der Waals surface area (Å²) in [5.41, 5.74) is 9.08. The van der Waals surface area contributed by atoms with Gasteiger partial charge in [0.2, 0.25) is 0 Å². The summed E-state index contributed by atoms with van der Waals surface area (Å²) in [6.45, 7) is 14.4. The van der Waals surface area contributed by atoms with Crippen LogP contribution in [-0.2, 0) is 22.3 Å². The number of likely N-dealkylation sites (tertiary alicyclic amines) is 1. The normalized spacial score (nSPS) is 18.8. The number of aromatic nitrogens is 3. The molecule has 47 heavy (non-hydrogen) atoms. The third-order valence-electron chi connectivity index (χ3n) is 9.63. The van der Waals surface area contributed by atoms with Crippen LogP contribution in [0.15, 0.2) is 61.2 Å². The molecule has 0 bridgehead atoms. The summed E-state index contributed by atoms with van der Waals surface area (Å²) >= 11 is 6.77. The molecule has 3 aliphatic rings. The van der Waals surface area contributed by atoms with E-state index in [2.05, 4.69) is 97.6 Å². The third kappa shape index (κ3) is 6.91. The van der Waals surface area contributed by atoms with E-state index in [-0.39, 0.29) is 12.6 Å². The number of benzene rings is 1. The summed E-state index contributed by atoms with van der Waals surface area (Å²) < 4.78 is 27.8. The van der Waals surface area contributed by atoms with Crippen LogP contribution in [0.25, 0.3) is 16.8 Å². The maximum atomic E-state index is 12.9. The van der Waals surface area contributed by atoms with E-state index >= 15 is 0 Å². The number of terminal acetylenes is 1. The Kier molecular flexibility index (Phi) is 10.6. The lowest BCUT2D eigenvalue weighted by molar-refractivity contribution is 0.00578. The summed E-state index contributed by atoms with van der Waals surface area (Å²) in [4.78, 5) is 11.5. The van der Waals surface area contributed by atoms with Crippen LogP contribution >= 0.6 is 11.6 Å². The Balaban J connectivity index is 0.00000105. The van der Waals surface area contributed by atoms with Crippen molar-refractivity contribution in [3.8, 4) is 12.8 Å². The minimum atomic E-state index is -0.411. The number of rotatable bonds is 6. The molecule has 0 spiro atoms. The molecule has 2 fully saturated rings. The highest BCUT2D eigenvalue weighted by Crippen LogP contribution is 2.42. The molecule has 0 N–H and O–H groups in total. The molecule has 7 rings (SSSR count). The summed E-state index contributed by atoms with van der Waals surface area (Å²) in [5.74, 6) is 0.162. The van der Waals surface area contributed by atoms with Gasteiger partial charge in [0, 0.05) is 50.3 Å². The molecule has 0 atom stereocenters. The van der Waals surface area contributed by atoms with Gasteiger partial charge in [-0.3, -0.25) is 14.3 Å². The maximum absolute atomic E-state index is 12.9. The second-order valence-electron chi connectivity index (χ2n) is 13.2. The van der Waals surface area contributed by atoms with Crippen molar-refractivity contribution in [3.05, 3.63) is 94.2 Å². The van der Waals surface area contributed by atoms with Crippen molar-refractivity contribution in [2.24, 2.45) is 5.92 Å². The van der Waals surface area contributed by atoms with Crippen molar-refractivity contribution < 1.29 is 13.7 Å². The topological polar surface area (TPSA) is 51.9 Å². The van der Waals surface area contributed by atoms with Crippen molar-refractivity contribution in [3.63, 3.8) is 0 Å². The highest BCUT2D eigenvalue weighted by atomic mass is 35.5. The molecule has 0 radical (unpaired) electrons. The summed E-state index contributed by atoms with van der Waals surface area (Å²) in [6.07, 6.45) is 18.5. The van der Waals surface area contributed by atoms with Crippen LogP contribution in [0.4, 0.5) is 4.39 Å². The molecule has 6 nitrogen and oxygen atoms in total. The molecule has 3 aromatic heterocycles. The van der Waals surface area contributed by atoms with E-state index < -0.39 is 18.3 Å². The van der Waals surface area contributed by atoms with E-state index in [4.69, 9.17) is 25.9 Å². The van der Waals surface area contributed by atoms with E-state index in [0.717, 1.165) is 66.8 Å². The average molecular weight is 655 g/mol. The number of hydrogen-bond acceptors (Lipinski definition) is 5. The number of halogens is 2. The van der Waals surface area contributed by atoms with Gasteiger partial charge in [-0.25, -0.2) is 4.98 Å². The fraction of sp³-hybridized carbons (Fsp3) is 0.421. The summed E-state index contributed by atoms with van der Waals surface area (Å²) in [6, 6.07) is 13.0. The fourth-order valence-electron chi connectivity index (χ4n) is 6.55. The Morgan fingerprint density at radius 1 is 1.00 bits per heavy atom. The van der Waals surface area contributed by atoms with Gasteiger partial charge in [0.05, 0.1) is 28.6 Å². The molecule has 4 aromatic rings. The quantitative estimate of drug-likeness (QED) is 0.158. The molecule has 1 aliphatic carbocycles. The highest BCUT2D eigenvalue weighted by Gasteiger charge is 2.51. The first-order chi connectivity index (χ1) is 22.6. The summed E-state index contributed by atoms with van der Waals surface area (Å²) in [7, 11) is -0.411. The SMILES string of the molecule is C#C.CC.CC1(C)OB(c2ccc3c(c2)CCCC(c2ccncc2Cl)=C3c2ccn3cc(CN4CC(CF)C4)nc3c2)OC1(C)C. The second kappa shape index (κ2) is 14.3. The zero-order valence-corrected chi connectivity index (χ0v) is 29.1. The van der Waals surface area contributed by atoms with E-state index in [1.165, 1.54) is 22.3 Å². The molecule has 1 aromatic carbocycles. The van der Waals surface area contributed by atoms with Crippen LogP contribution in [0.5, 0.6) is 0 Å².